The van der Waals surface area contributed by atoms with Gasteiger partial charge >= 0.3 is 0 Å². The van der Waals surface area contributed by atoms with Crippen molar-refractivity contribution in [3.05, 3.63) is 315 Å². The first-order chi connectivity index (χ1) is 41.7. The Balaban J connectivity index is 0.000000132. The molecule has 0 radical (unpaired) electrons. The zero-order valence-corrected chi connectivity index (χ0v) is 45.8. The minimum absolute atomic E-state index is 1.16. The maximum absolute atomic E-state index is 2.43. The fourth-order valence-electron chi connectivity index (χ4n) is 13.5. The smallest absolute Gasteiger partial charge is 0.0562 e. The van der Waals surface area contributed by atoms with Gasteiger partial charge < -0.3 is 18.3 Å². The third-order valence-corrected chi connectivity index (χ3v) is 17.3. The molecule has 4 nitrogen and oxygen atoms in total. The van der Waals surface area contributed by atoms with Crippen LogP contribution >= 0.6 is 0 Å². The summed E-state index contributed by atoms with van der Waals surface area (Å²) in [5.74, 6) is 0. The molecule has 392 valence electrons. The zero-order valence-electron chi connectivity index (χ0n) is 45.8. The van der Waals surface area contributed by atoms with E-state index in [1.54, 1.807) is 0 Å². The molecule has 18 aromatic rings. The van der Waals surface area contributed by atoms with E-state index in [-0.39, 0.29) is 0 Å². The molecule has 0 saturated heterocycles. The summed E-state index contributed by atoms with van der Waals surface area (Å²) in [6, 6.07) is 115. The average Bonchev–Trinajstić information content (AvgIpc) is 3.93. The van der Waals surface area contributed by atoms with Crippen molar-refractivity contribution in [2.45, 2.75) is 0 Å². The zero-order chi connectivity index (χ0) is 55.2. The molecule has 84 heavy (non-hydrogen) atoms. The summed E-state index contributed by atoms with van der Waals surface area (Å²) in [7, 11) is 0. The third kappa shape index (κ3) is 7.62. The van der Waals surface area contributed by atoms with Crippen LogP contribution in [-0.2, 0) is 0 Å². The molecule has 0 aliphatic carbocycles. The van der Waals surface area contributed by atoms with Gasteiger partial charge in [0.25, 0.3) is 0 Å². The van der Waals surface area contributed by atoms with Gasteiger partial charge in [0.1, 0.15) is 0 Å². The van der Waals surface area contributed by atoms with Gasteiger partial charge in [-0.3, -0.25) is 0 Å². The molecule has 0 bridgehead atoms. The molecular weight excluding hydrogens is 1020 g/mol. The van der Waals surface area contributed by atoms with Crippen LogP contribution in [0, 0.1) is 0 Å². The highest BCUT2D eigenvalue weighted by Crippen LogP contribution is 2.43. The van der Waals surface area contributed by atoms with E-state index in [1.807, 2.05) is 0 Å². The molecule has 0 saturated carbocycles. The van der Waals surface area contributed by atoms with Gasteiger partial charge in [-0.2, -0.15) is 0 Å². The van der Waals surface area contributed by atoms with Crippen LogP contribution in [0.3, 0.4) is 0 Å². The molecule has 18 rings (SSSR count). The Hall–Kier alpha value is -11.2. The molecule has 0 spiro atoms. The number of rotatable bonds is 6. The monoisotopic (exact) mass is 1070 g/mol. The lowest BCUT2D eigenvalue weighted by atomic mass is 10.0. The van der Waals surface area contributed by atoms with Crippen LogP contribution in [0.2, 0.25) is 0 Å². The molecule has 0 aliphatic rings. The maximum Gasteiger partial charge on any atom is 0.0562 e. The Bertz CT molecular complexity index is 5570. The molecular formula is C80H52N4. The summed E-state index contributed by atoms with van der Waals surface area (Å²) in [4.78, 5) is 0. The second kappa shape index (κ2) is 19.2. The second-order valence-corrected chi connectivity index (χ2v) is 22.1. The van der Waals surface area contributed by atoms with Gasteiger partial charge in [-0.05, 0) is 153 Å². The predicted molar refractivity (Wildman–Crippen MR) is 356 cm³/mol. The number of benzene rings is 14. The number of hydrogen-bond donors (Lipinski definition) is 0. The molecule has 0 unspecified atom stereocenters. The fourth-order valence-corrected chi connectivity index (χ4v) is 13.5. The van der Waals surface area contributed by atoms with E-state index in [9.17, 15) is 0 Å². The van der Waals surface area contributed by atoms with E-state index in [1.165, 1.54) is 142 Å². The summed E-state index contributed by atoms with van der Waals surface area (Å²) in [6.45, 7) is 0. The maximum atomic E-state index is 2.43. The quantitative estimate of drug-likeness (QED) is 0.158. The Morgan fingerprint density at radius 3 is 0.917 bits per heavy atom. The van der Waals surface area contributed by atoms with Gasteiger partial charge in [0.2, 0.25) is 0 Å². The molecule has 0 aliphatic heterocycles. The Morgan fingerprint density at radius 2 is 0.440 bits per heavy atom. The first kappa shape index (κ1) is 47.6. The molecule has 0 atom stereocenters. The molecule has 0 fully saturated rings. The molecule has 4 heterocycles. The fraction of sp³-hybridized carbons (Fsp3) is 0. The first-order valence-electron chi connectivity index (χ1n) is 28.9. The van der Waals surface area contributed by atoms with Gasteiger partial charge in [0, 0.05) is 65.8 Å². The van der Waals surface area contributed by atoms with Gasteiger partial charge in [0.15, 0.2) is 0 Å². The normalized spacial score (nSPS) is 11.8. The minimum Gasteiger partial charge on any atom is -0.309 e. The number of fused-ring (bicyclic) bond motifs is 14. The van der Waals surface area contributed by atoms with E-state index >= 15 is 0 Å². The van der Waals surface area contributed by atoms with Crippen molar-refractivity contribution in [3.8, 4) is 45.0 Å². The van der Waals surface area contributed by atoms with Gasteiger partial charge in [-0.1, -0.05) is 206 Å². The Kier molecular flexibility index (Phi) is 10.9. The van der Waals surface area contributed by atoms with E-state index in [0.29, 0.717) is 0 Å². The Labute approximate surface area is 484 Å². The standard InChI is InChI=1S/2C40H26N2/c1-3-12-27(13-4-1)28-16-11-19-32(22-28)42-37-21-10-9-20-33(37)35-25-36-34-23-29-14-7-8-15-30(29)24-38(34)41(40(36)26-39(35)42)31-17-5-2-6-18-31;1-3-11-27(12-4-1)28-19-21-32(22-20-28)41-37-18-10-9-17-33(37)35-25-36-34-23-29-13-7-8-14-30(29)24-38(34)42(40(36)26-39(35)41)31-15-5-2-6-16-31/h2*1-26H. The van der Waals surface area contributed by atoms with Gasteiger partial charge in [-0.25, -0.2) is 0 Å². The van der Waals surface area contributed by atoms with Crippen LogP contribution in [0.4, 0.5) is 0 Å². The van der Waals surface area contributed by atoms with Crippen molar-refractivity contribution in [1.29, 1.82) is 0 Å². The topological polar surface area (TPSA) is 19.7 Å². The molecule has 0 amide bonds. The average molecular weight is 1070 g/mol. The number of hydrogen-bond acceptors (Lipinski definition) is 0. The summed E-state index contributed by atoms with van der Waals surface area (Å²) < 4.78 is 9.71. The van der Waals surface area contributed by atoms with E-state index in [0.717, 1.165) is 11.4 Å². The first-order valence-corrected chi connectivity index (χ1v) is 28.9. The Morgan fingerprint density at radius 1 is 0.143 bits per heavy atom. The van der Waals surface area contributed by atoms with Crippen molar-refractivity contribution >= 4 is 109 Å². The lowest BCUT2D eigenvalue weighted by molar-refractivity contribution is 1.17. The van der Waals surface area contributed by atoms with Crippen molar-refractivity contribution in [1.82, 2.24) is 18.3 Å². The number of para-hydroxylation sites is 4. The lowest BCUT2D eigenvalue weighted by Crippen LogP contribution is -1.96. The SMILES string of the molecule is c1ccc(-c2ccc(-n3c4ccccc4c4cc5c6cc7ccccc7cc6n(-c6ccccc6)c5cc43)cc2)cc1.c1ccc(-c2cccc(-n3c4ccccc4c4cc5c6cc7ccccc7cc6n(-c6ccccc6)c5cc43)c2)cc1. The number of nitrogens with zero attached hydrogens (tertiary/aromatic N) is 4. The minimum atomic E-state index is 1.16. The summed E-state index contributed by atoms with van der Waals surface area (Å²) >= 11 is 0. The van der Waals surface area contributed by atoms with Crippen molar-refractivity contribution in [2.75, 3.05) is 0 Å². The highest BCUT2D eigenvalue weighted by atomic mass is 15.0. The lowest BCUT2D eigenvalue weighted by Gasteiger charge is -2.11. The van der Waals surface area contributed by atoms with Crippen molar-refractivity contribution < 1.29 is 0 Å². The third-order valence-electron chi connectivity index (χ3n) is 17.3. The van der Waals surface area contributed by atoms with Crippen LogP contribution in [0.15, 0.2) is 315 Å². The van der Waals surface area contributed by atoms with Crippen LogP contribution in [0.25, 0.3) is 154 Å². The molecule has 4 aromatic heterocycles. The largest absolute Gasteiger partial charge is 0.309 e. The van der Waals surface area contributed by atoms with Crippen molar-refractivity contribution in [2.24, 2.45) is 0 Å². The van der Waals surface area contributed by atoms with Crippen LogP contribution < -0.4 is 0 Å². The van der Waals surface area contributed by atoms with Gasteiger partial charge in [0.05, 0.1) is 44.1 Å². The van der Waals surface area contributed by atoms with Gasteiger partial charge in [-0.15, -0.1) is 0 Å². The van der Waals surface area contributed by atoms with Crippen LogP contribution in [0.1, 0.15) is 0 Å². The molecule has 0 N–H and O–H groups in total. The predicted octanol–water partition coefficient (Wildman–Crippen LogP) is 21.4. The van der Waals surface area contributed by atoms with Crippen molar-refractivity contribution in [3.63, 3.8) is 0 Å². The molecule has 14 aromatic carbocycles. The summed E-state index contributed by atoms with van der Waals surface area (Å²) in [5.41, 5.74) is 19.3. The summed E-state index contributed by atoms with van der Waals surface area (Å²) in [6.07, 6.45) is 0. The van der Waals surface area contributed by atoms with E-state index in [4.69, 9.17) is 0 Å². The second-order valence-electron chi connectivity index (χ2n) is 22.1. The van der Waals surface area contributed by atoms with Crippen LogP contribution in [0.5, 0.6) is 0 Å². The number of aromatic nitrogens is 4. The highest BCUT2D eigenvalue weighted by molar-refractivity contribution is 6.22. The molecule has 4 heteroatoms. The highest BCUT2D eigenvalue weighted by Gasteiger charge is 2.22. The van der Waals surface area contributed by atoms with E-state index in [2.05, 4.69) is 334 Å². The van der Waals surface area contributed by atoms with E-state index < -0.39 is 0 Å². The summed E-state index contributed by atoms with van der Waals surface area (Å²) in [5, 5.41) is 15.2. The van der Waals surface area contributed by atoms with Crippen LogP contribution in [-0.4, -0.2) is 18.3 Å².